The molecule has 0 saturated carbocycles. The molecule has 1 aromatic heterocycles. The molecule has 102 valence electrons. The van der Waals surface area contributed by atoms with Gasteiger partial charge in [0.15, 0.2) is 0 Å². The zero-order chi connectivity index (χ0) is 13.8. The largest absolute Gasteiger partial charge is 0.314 e. The molecule has 0 aliphatic rings. The van der Waals surface area contributed by atoms with Gasteiger partial charge in [0, 0.05) is 18.5 Å². The number of aromatic nitrogens is 3. The lowest BCUT2D eigenvalue weighted by Crippen LogP contribution is -2.09. The van der Waals surface area contributed by atoms with Crippen LogP contribution in [0.15, 0.2) is 18.2 Å². The second-order valence-corrected chi connectivity index (χ2v) is 4.46. The van der Waals surface area contributed by atoms with E-state index in [1.165, 1.54) is 18.2 Å². The van der Waals surface area contributed by atoms with Gasteiger partial charge in [-0.2, -0.15) is 0 Å². The maximum atomic E-state index is 13.6. The average Bonchev–Trinajstić information content (AvgIpc) is 2.77. The second-order valence-electron chi connectivity index (χ2n) is 4.19. The van der Waals surface area contributed by atoms with E-state index in [1.54, 1.807) is 0 Å². The van der Waals surface area contributed by atoms with Crippen molar-refractivity contribution in [2.24, 2.45) is 0 Å². The molecule has 0 N–H and O–H groups in total. The molecule has 2 aromatic rings. The molecule has 0 fully saturated rings. The van der Waals surface area contributed by atoms with Gasteiger partial charge in [-0.3, -0.25) is 0 Å². The highest BCUT2D eigenvalue weighted by atomic mass is 35.5. The Morgan fingerprint density at radius 2 is 1.79 bits per heavy atom. The standard InChI is InChI=1S/C13H14ClF2N3/c1-2-6-19-12(17-18-13(19)8-14)7-9-10(15)4-3-5-11(9)16/h3-5H,2,6-8H2,1H3. The molecule has 0 amide bonds. The first-order valence-electron chi connectivity index (χ1n) is 6.07. The Kier molecular flexibility index (Phi) is 4.47. The summed E-state index contributed by atoms with van der Waals surface area (Å²) in [5.74, 6) is 0.237. The summed E-state index contributed by atoms with van der Waals surface area (Å²) in [6, 6.07) is 3.82. The molecule has 6 heteroatoms. The molecule has 1 aromatic carbocycles. The fourth-order valence-electron chi connectivity index (χ4n) is 1.94. The quantitative estimate of drug-likeness (QED) is 0.789. The van der Waals surface area contributed by atoms with Crippen LogP contribution >= 0.6 is 11.6 Å². The molecule has 0 saturated heterocycles. The Labute approximate surface area is 115 Å². The van der Waals surface area contributed by atoms with Crippen LogP contribution in [0.2, 0.25) is 0 Å². The first-order chi connectivity index (χ1) is 9.17. The normalized spacial score (nSPS) is 10.9. The molecule has 0 radical (unpaired) electrons. The molecular formula is C13H14ClF2N3. The van der Waals surface area contributed by atoms with Crippen molar-refractivity contribution >= 4 is 11.6 Å². The second kappa shape index (κ2) is 6.10. The number of benzene rings is 1. The van der Waals surface area contributed by atoms with Crippen LogP contribution in [0.4, 0.5) is 8.78 Å². The van der Waals surface area contributed by atoms with Crippen molar-refractivity contribution < 1.29 is 8.78 Å². The smallest absolute Gasteiger partial charge is 0.147 e. The first-order valence-corrected chi connectivity index (χ1v) is 6.60. The van der Waals surface area contributed by atoms with Gasteiger partial charge in [0.1, 0.15) is 23.3 Å². The van der Waals surface area contributed by atoms with E-state index in [9.17, 15) is 8.78 Å². The average molecular weight is 286 g/mol. The van der Waals surface area contributed by atoms with Crippen molar-refractivity contribution in [1.82, 2.24) is 14.8 Å². The summed E-state index contributed by atoms with van der Waals surface area (Å²) in [7, 11) is 0. The molecule has 0 spiro atoms. The van der Waals surface area contributed by atoms with Crippen molar-refractivity contribution in [2.75, 3.05) is 0 Å². The molecular weight excluding hydrogens is 272 g/mol. The van der Waals surface area contributed by atoms with Crippen LogP contribution in [0.3, 0.4) is 0 Å². The third-order valence-electron chi connectivity index (χ3n) is 2.87. The van der Waals surface area contributed by atoms with Gasteiger partial charge in [0.2, 0.25) is 0 Å². The van der Waals surface area contributed by atoms with E-state index in [1.807, 2.05) is 11.5 Å². The van der Waals surface area contributed by atoms with Crippen molar-refractivity contribution in [2.45, 2.75) is 32.2 Å². The maximum absolute atomic E-state index is 13.6. The van der Waals surface area contributed by atoms with Gasteiger partial charge in [-0.1, -0.05) is 13.0 Å². The molecule has 0 atom stereocenters. The SMILES string of the molecule is CCCn1c(CCl)nnc1Cc1c(F)cccc1F. The molecule has 0 aliphatic heterocycles. The van der Waals surface area contributed by atoms with E-state index >= 15 is 0 Å². The third-order valence-corrected chi connectivity index (χ3v) is 3.11. The fraction of sp³-hybridized carbons (Fsp3) is 0.385. The van der Waals surface area contributed by atoms with E-state index in [-0.39, 0.29) is 17.9 Å². The van der Waals surface area contributed by atoms with Gasteiger partial charge in [-0.15, -0.1) is 21.8 Å². The predicted molar refractivity (Wildman–Crippen MR) is 69.0 cm³/mol. The summed E-state index contributed by atoms with van der Waals surface area (Å²) < 4.78 is 29.1. The van der Waals surface area contributed by atoms with E-state index in [4.69, 9.17) is 11.6 Å². The van der Waals surface area contributed by atoms with E-state index in [2.05, 4.69) is 10.2 Å². The Bertz CT molecular complexity index is 549. The van der Waals surface area contributed by atoms with Gasteiger partial charge < -0.3 is 4.57 Å². The molecule has 0 aliphatic carbocycles. The summed E-state index contributed by atoms with van der Waals surface area (Å²) in [6.45, 7) is 2.69. The lowest BCUT2D eigenvalue weighted by molar-refractivity contribution is 0.552. The van der Waals surface area contributed by atoms with Crippen LogP contribution in [0.25, 0.3) is 0 Å². The number of hydrogen-bond acceptors (Lipinski definition) is 2. The summed E-state index contributed by atoms with van der Waals surface area (Å²) in [4.78, 5) is 0. The summed E-state index contributed by atoms with van der Waals surface area (Å²) >= 11 is 5.78. The monoisotopic (exact) mass is 285 g/mol. The van der Waals surface area contributed by atoms with Crippen LogP contribution in [0.5, 0.6) is 0 Å². The molecule has 0 unspecified atom stereocenters. The zero-order valence-electron chi connectivity index (χ0n) is 10.5. The topological polar surface area (TPSA) is 30.7 Å². The number of halogens is 3. The highest BCUT2D eigenvalue weighted by Crippen LogP contribution is 2.17. The number of nitrogens with zero attached hydrogens (tertiary/aromatic N) is 3. The molecule has 2 rings (SSSR count). The third kappa shape index (κ3) is 2.92. The van der Waals surface area contributed by atoms with E-state index in [0.717, 1.165) is 6.42 Å². The molecule has 0 bridgehead atoms. The Hall–Kier alpha value is -1.49. The van der Waals surface area contributed by atoms with Gasteiger partial charge in [-0.25, -0.2) is 8.78 Å². The summed E-state index contributed by atoms with van der Waals surface area (Å²) in [5.41, 5.74) is 0.00776. The first kappa shape index (κ1) is 13.9. The van der Waals surface area contributed by atoms with Crippen molar-refractivity contribution in [1.29, 1.82) is 0 Å². The number of rotatable bonds is 5. The van der Waals surface area contributed by atoms with Crippen LogP contribution in [0, 0.1) is 11.6 Å². The minimum absolute atomic E-state index is 0.00776. The van der Waals surface area contributed by atoms with Crippen molar-refractivity contribution in [3.05, 3.63) is 47.0 Å². The minimum atomic E-state index is -0.571. The lowest BCUT2D eigenvalue weighted by atomic mass is 10.1. The number of hydrogen-bond donors (Lipinski definition) is 0. The van der Waals surface area contributed by atoms with E-state index < -0.39 is 11.6 Å². The fourth-order valence-corrected chi connectivity index (χ4v) is 2.14. The Balaban J connectivity index is 2.35. The highest BCUT2D eigenvalue weighted by molar-refractivity contribution is 6.16. The van der Waals surface area contributed by atoms with Crippen LogP contribution in [-0.2, 0) is 18.8 Å². The Morgan fingerprint density at radius 3 is 2.37 bits per heavy atom. The summed E-state index contributed by atoms with van der Waals surface area (Å²) in [6.07, 6.45) is 0.942. The highest BCUT2D eigenvalue weighted by Gasteiger charge is 2.15. The number of alkyl halides is 1. The summed E-state index contributed by atoms with van der Waals surface area (Å²) in [5, 5.41) is 7.92. The van der Waals surface area contributed by atoms with Crippen molar-refractivity contribution in [3.8, 4) is 0 Å². The van der Waals surface area contributed by atoms with Crippen molar-refractivity contribution in [3.63, 3.8) is 0 Å². The minimum Gasteiger partial charge on any atom is -0.314 e. The van der Waals surface area contributed by atoms with Crippen LogP contribution < -0.4 is 0 Å². The molecule has 19 heavy (non-hydrogen) atoms. The van der Waals surface area contributed by atoms with E-state index in [0.29, 0.717) is 18.2 Å². The van der Waals surface area contributed by atoms with Gasteiger partial charge in [0.05, 0.1) is 5.88 Å². The van der Waals surface area contributed by atoms with Crippen LogP contribution in [0.1, 0.15) is 30.6 Å². The molecule has 3 nitrogen and oxygen atoms in total. The van der Waals surface area contributed by atoms with Gasteiger partial charge in [-0.05, 0) is 18.6 Å². The molecule has 1 heterocycles. The zero-order valence-corrected chi connectivity index (χ0v) is 11.3. The maximum Gasteiger partial charge on any atom is 0.147 e. The van der Waals surface area contributed by atoms with Gasteiger partial charge in [0.25, 0.3) is 0 Å². The van der Waals surface area contributed by atoms with Gasteiger partial charge >= 0.3 is 0 Å². The lowest BCUT2D eigenvalue weighted by Gasteiger charge is -2.08. The predicted octanol–water partition coefficient (Wildman–Crippen LogP) is 3.30. The Morgan fingerprint density at radius 1 is 1.16 bits per heavy atom. The van der Waals surface area contributed by atoms with Crippen LogP contribution in [-0.4, -0.2) is 14.8 Å².